The van der Waals surface area contributed by atoms with Crippen molar-refractivity contribution in [3.8, 4) is 47.2 Å². The molecule has 0 spiro atoms. The Kier molecular flexibility index (Phi) is 10.9. The van der Waals surface area contributed by atoms with Crippen LogP contribution in [0.1, 0.15) is 70.1 Å². The maximum Gasteiger partial charge on any atom is 0.136 e. The summed E-state index contributed by atoms with van der Waals surface area (Å²) >= 11 is 0. The molecule has 0 heterocycles. The van der Waals surface area contributed by atoms with E-state index in [9.17, 15) is 0 Å². The summed E-state index contributed by atoms with van der Waals surface area (Å²) in [5.41, 5.74) is 2.16. The monoisotopic (exact) mass is 434 g/mol. The van der Waals surface area contributed by atoms with Gasteiger partial charge in [0.05, 0.1) is 43.1 Å². The van der Waals surface area contributed by atoms with Crippen molar-refractivity contribution in [1.29, 1.82) is 0 Å². The lowest BCUT2D eigenvalue weighted by Crippen LogP contribution is -2.02. The highest BCUT2D eigenvalue weighted by molar-refractivity contribution is 5.60. The molecule has 2 aromatic rings. The van der Waals surface area contributed by atoms with Crippen molar-refractivity contribution in [2.75, 3.05) is 26.4 Å². The number of rotatable bonds is 12. The van der Waals surface area contributed by atoms with Crippen LogP contribution in [0.25, 0.3) is 0 Å². The molecular formula is C28H34O4. The maximum atomic E-state index is 5.94. The van der Waals surface area contributed by atoms with E-state index in [1.165, 1.54) is 0 Å². The smallest absolute Gasteiger partial charge is 0.136 e. The van der Waals surface area contributed by atoms with Gasteiger partial charge >= 0.3 is 0 Å². The fraction of sp³-hybridized carbons (Fsp3) is 0.429. The van der Waals surface area contributed by atoms with Gasteiger partial charge in [0.1, 0.15) is 23.0 Å². The lowest BCUT2D eigenvalue weighted by molar-refractivity contribution is 0.307. The summed E-state index contributed by atoms with van der Waals surface area (Å²) in [6, 6.07) is 9.45. The third-order valence-electron chi connectivity index (χ3n) is 4.38. The Labute approximate surface area is 193 Å². The van der Waals surface area contributed by atoms with E-state index in [1.807, 2.05) is 30.3 Å². The summed E-state index contributed by atoms with van der Waals surface area (Å²) < 4.78 is 23.5. The molecule has 0 saturated carbocycles. The van der Waals surface area contributed by atoms with Crippen LogP contribution in [0.4, 0.5) is 0 Å². The van der Waals surface area contributed by atoms with E-state index in [1.54, 1.807) is 0 Å². The predicted molar refractivity (Wildman–Crippen MR) is 130 cm³/mol. The highest BCUT2D eigenvalue weighted by Gasteiger charge is 2.11. The molecule has 0 amide bonds. The van der Waals surface area contributed by atoms with Crippen molar-refractivity contribution in [2.45, 2.75) is 53.4 Å². The molecule has 0 aliphatic rings. The van der Waals surface area contributed by atoms with Crippen molar-refractivity contribution in [3.05, 3.63) is 47.0 Å². The Bertz CT molecular complexity index is 960. The molecule has 0 saturated heterocycles. The molecule has 2 aromatic carbocycles. The van der Waals surface area contributed by atoms with Gasteiger partial charge < -0.3 is 18.9 Å². The normalized spacial score (nSPS) is 9.97. The standard InChI is InChI=1S/C28H34O4/c1-6-15-29-25-13-14-26(30-16-7-2)23(19-25)11-12-24-21-27(31-17-8-3)22(10-5)20-28(24)32-18-9-4/h5,13-14,19-21H,6-9,15-18H2,1-4H3. The largest absolute Gasteiger partial charge is 0.494 e. The fourth-order valence-electron chi connectivity index (χ4n) is 2.82. The summed E-state index contributed by atoms with van der Waals surface area (Å²) in [7, 11) is 0. The zero-order valence-electron chi connectivity index (χ0n) is 19.8. The Morgan fingerprint density at radius 2 is 1.06 bits per heavy atom. The average molecular weight is 435 g/mol. The van der Waals surface area contributed by atoms with Gasteiger partial charge in [0.2, 0.25) is 0 Å². The van der Waals surface area contributed by atoms with E-state index in [-0.39, 0.29) is 0 Å². The van der Waals surface area contributed by atoms with Gasteiger partial charge in [-0.2, -0.15) is 0 Å². The molecule has 0 aliphatic heterocycles. The molecule has 0 unspecified atom stereocenters. The van der Waals surface area contributed by atoms with Crippen molar-refractivity contribution < 1.29 is 18.9 Å². The molecule has 32 heavy (non-hydrogen) atoms. The Balaban J connectivity index is 2.49. The van der Waals surface area contributed by atoms with Crippen LogP contribution in [0.3, 0.4) is 0 Å². The minimum Gasteiger partial charge on any atom is -0.494 e. The predicted octanol–water partition coefficient (Wildman–Crippen LogP) is 6.22. The molecule has 0 fully saturated rings. The van der Waals surface area contributed by atoms with Gasteiger partial charge in [-0.25, -0.2) is 0 Å². The molecule has 4 heteroatoms. The minimum atomic E-state index is 0.582. The first-order chi connectivity index (χ1) is 15.7. The highest BCUT2D eigenvalue weighted by atomic mass is 16.5. The first-order valence-electron chi connectivity index (χ1n) is 11.5. The van der Waals surface area contributed by atoms with Crippen molar-refractivity contribution >= 4 is 0 Å². The summed E-state index contributed by atoms with van der Waals surface area (Å²) in [6.07, 6.45) is 9.34. The second-order valence-electron chi connectivity index (χ2n) is 7.29. The highest BCUT2D eigenvalue weighted by Crippen LogP contribution is 2.29. The molecule has 0 N–H and O–H groups in total. The summed E-state index contributed by atoms with van der Waals surface area (Å²) in [5.74, 6) is 12.0. The second kappa shape index (κ2) is 13.9. The molecule has 170 valence electrons. The van der Waals surface area contributed by atoms with Crippen molar-refractivity contribution in [3.63, 3.8) is 0 Å². The van der Waals surface area contributed by atoms with Gasteiger partial charge in [0.15, 0.2) is 0 Å². The van der Waals surface area contributed by atoms with Crippen LogP contribution in [0.15, 0.2) is 30.3 Å². The Morgan fingerprint density at radius 3 is 1.62 bits per heavy atom. The van der Waals surface area contributed by atoms with Crippen LogP contribution >= 0.6 is 0 Å². The van der Waals surface area contributed by atoms with Gasteiger partial charge in [-0.3, -0.25) is 0 Å². The van der Waals surface area contributed by atoms with Gasteiger partial charge in [-0.1, -0.05) is 45.5 Å². The summed E-state index contributed by atoms with van der Waals surface area (Å²) in [4.78, 5) is 0. The number of ether oxygens (including phenoxy) is 4. The van der Waals surface area contributed by atoms with Crippen LogP contribution in [0.5, 0.6) is 23.0 Å². The number of hydrogen-bond donors (Lipinski definition) is 0. The van der Waals surface area contributed by atoms with Crippen LogP contribution < -0.4 is 18.9 Å². The van der Waals surface area contributed by atoms with Gasteiger partial charge in [0, 0.05) is 12.1 Å². The first kappa shape index (κ1) is 25.0. The van der Waals surface area contributed by atoms with E-state index < -0.39 is 0 Å². The van der Waals surface area contributed by atoms with Gasteiger partial charge in [0.25, 0.3) is 0 Å². The topological polar surface area (TPSA) is 36.9 Å². The number of terminal acetylenes is 1. The fourth-order valence-corrected chi connectivity index (χ4v) is 2.82. The van der Waals surface area contributed by atoms with Gasteiger partial charge in [-0.05, 0) is 43.9 Å². The van der Waals surface area contributed by atoms with Crippen LogP contribution in [0, 0.1) is 24.2 Å². The van der Waals surface area contributed by atoms with Crippen LogP contribution in [0.2, 0.25) is 0 Å². The first-order valence-corrected chi connectivity index (χ1v) is 11.5. The molecule has 0 bridgehead atoms. The quantitative estimate of drug-likeness (QED) is 0.372. The van der Waals surface area contributed by atoms with Gasteiger partial charge in [-0.15, -0.1) is 6.42 Å². The van der Waals surface area contributed by atoms with E-state index in [4.69, 9.17) is 25.4 Å². The third-order valence-corrected chi connectivity index (χ3v) is 4.38. The minimum absolute atomic E-state index is 0.582. The van der Waals surface area contributed by atoms with Crippen LogP contribution in [-0.4, -0.2) is 26.4 Å². The zero-order valence-corrected chi connectivity index (χ0v) is 19.8. The van der Waals surface area contributed by atoms with E-state index in [0.29, 0.717) is 43.5 Å². The zero-order chi connectivity index (χ0) is 23.2. The third kappa shape index (κ3) is 7.47. The van der Waals surface area contributed by atoms with E-state index in [0.717, 1.165) is 48.3 Å². The SMILES string of the molecule is C#Cc1cc(OCCC)c(C#Cc2cc(OCCC)ccc2OCCC)cc1OCCC. The van der Waals surface area contributed by atoms with Crippen molar-refractivity contribution in [2.24, 2.45) is 0 Å². The molecule has 0 aliphatic carbocycles. The van der Waals surface area contributed by atoms with E-state index >= 15 is 0 Å². The Hall–Kier alpha value is -3.24. The lowest BCUT2D eigenvalue weighted by Gasteiger charge is -2.13. The molecular weight excluding hydrogens is 400 g/mol. The summed E-state index contributed by atoms with van der Waals surface area (Å²) in [6.45, 7) is 10.7. The van der Waals surface area contributed by atoms with Crippen molar-refractivity contribution in [1.82, 2.24) is 0 Å². The van der Waals surface area contributed by atoms with Crippen LogP contribution in [-0.2, 0) is 0 Å². The average Bonchev–Trinajstić information content (AvgIpc) is 2.82. The number of hydrogen-bond acceptors (Lipinski definition) is 4. The molecule has 2 rings (SSSR count). The summed E-state index contributed by atoms with van der Waals surface area (Å²) in [5, 5.41) is 0. The molecule has 0 radical (unpaired) electrons. The molecule has 0 aromatic heterocycles. The molecule has 0 atom stereocenters. The lowest BCUT2D eigenvalue weighted by atomic mass is 10.1. The maximum absolute atomic E-state index is 5.94. The van der Waals surface area contributed by atoms with E-state index in [2.05, 4.69) is 45.5 Å². The number of benzene rings is 2. The Morgan fingerprint density at radius 1 is 0.594 bits per heavy atom. The second-order valence-corrected chi connectivity index (χ2v) is 7.29. The molecule has 4 nitrogen and oxygen atoms in total.